The minimum absolute atomic E-state index is 0.407. The Balaban J connectivity index is 2.33. The van der Waals surface area contributed by atoms with E-state index in [1.165, 1.54) is 0 Å². The second kappa shape index (κ2) is 6.11. The topological polar surface area (TPSA) is 28.4 Å². The van der Waals surface area contributed by atoms with Crippen LogP contribution in [0.2, 0.25) is 0 Å². The zero-order chi connectivity index (χ0) is 10.4. The molecule has 0 aliphatic rings. The molecule has 0 saturated heterocycles. The molecule has 1 heterocycles. The van der Waals surface area contributed by atoms with E-state index in [-0.39, 0.29) is 0 Å². The van der Waals surface area contributed by atoms with Crippen LogP contribution in [0.4, 0.5) is 0 Å². The van der Waals surface area contributed by atoms with Crippen molar-refractivity contribution < 1.29 is 4.42 Å². The Morgan fingerprint density at radius 1 is 1.57 bits per heavy atom. The first kappa shape index (κ1) is 11.6. The van der Waals surface area contributed by atoms with Gasteiger partial charge in [0.15, 0.2) is 0 Å². The van der Waals surface area contributed by atoms with Gasteiger partial charge in [-0.3, -0.25) is 4.90 Å². The van der Waals surface area contributed by atoms with E-state index in [4.69, 9.17) is 4.42 Å². The van der Waals surface area contributed by atoms with Gasteiger partial charge in [-0.2, -0.15) is 11.8 Å². The highest BCUT2D eigenvalue weighted by atomic mass is 32.2. The summed E-state index contributed by atoms with van der Waals surface area (Å²) in [6.07, 6.45) is 3.83. The lowest BCUT2D eigenvalue weighted by Crippen LogP contribution is -2.30. The summed E-state index contributed by atoms with van der Waals surface area (Å²) in [6.45, 7) is 1.84. The fourth-order valence-electron chi connectivity index (χ4n) is 1.19. The van der Waals surface area contributed by atoms with Crippen LogP contribution in [0.1, 0.15) is 11.0 Å². The van der Waals surface area contributed by atoms with Crippen molar-refractivity contribution in [1.82, 2.24) is 10.2 Å². The third kappa shape index (κ3) is 3.74. The zero-order valence-corrected chi connectivity index (χ0v) is 9.80. The molecule has 0 bridgehead atoms. The Morgan fingerprint density at radius 3 is 2.86 bits per heavy atom. The molecule has 1 N–H and O–H groups in total. The third-order valence-corrected chi connectivity index (χ3v) is 2.87. The van der Waals surface area contributed by atoms with Gasteiger partial charge in [-0.05, 0) is 32.5 Å². The first-order valence-corrected chi connectivity index (χ1v) is 5.94. The molecule has 0 fully saturated rings. The molecule has 3 nitrogen and oxygen atoms in total. The normalized spacial score (nSPS) is 13.4. The summed E-state index contributed by atoms with van der Waals surface area (Å²) in [7, 11) is 4.10. The molecule has 80 valence electrons. The van der Waals surface area contributed by atoms with Crippen molar-refractivity contribution in [1.29, 1.82) is 0 Å². The lowest BCUT2D eigenvalue weighted by atomic mass is 10.3. The Bertz CT molecular complexity index is 236. The average Bonchev–Trinajstić information content (AvgIpc) is 2.64. The first-order chi connectivity index (χ1) is 6.74. The van der Waals surface area contributed by atoms with E-state index in [1.807, 2.05) is 26.2 Å². The number of rotatable bonds is 6. The number of thioether (sulfide) groups is 1. The fraction of sp³-hybridized carbons (Fsp3) is 0.600. The Labute approximate surface area is 89.8 Å². The minimum atomic E-state index is 0.407. The number of hydrogen-bond acceptors (Lipinski definition) is 4. The minimum Gasteiger partial charge on any atom is -0.468 e. The van der Waals surface area contributed by atoms with E-state index in [0.29, 0.717) is 5.25 Å². The highest BCUT2D eigenvalue weighted by Crippen LogP contribution is 2.25. The molecule has 0 radical (unpaired) electrons. The van der Waals surface area contributed by atoms with Crippen LogP contribution in [0.25, 0.3) is 0 Å². The molecule has 14 heavy (non-hydrogen) atoms. The van der Waals surface area contributed by atoms with Crippen molar-refractivity contribution in [3.63, 3.8) is 0 Å². The molecule has 0 spiro atoms. The van der Waals surface area contributed by atoms with Crippen LogP contribution in [0, 0.1) is 0 Å². The van der Waals surface area contributed by atoms with E-state index in [1.54, 1.807) is 18.0 Å². The molecule has 1 unspecified atom stereocenters. The highest BCUT2D eigenvalue weighted by molar-refractivity contribution is 7.98. The lowest BCUT2D eigenvalue weighted by molar-refractivity contribution is 0.365. The van der Waals surface area contributed by atoms with E-state index < -0.39 is 0 Å². The second-order valence-corrected chi connectivity index (χ2v) is 4.47. The molecule has 1 rings (SSSR count). The molecule has 0 amide bonds. The van der Waals surface area contributed by atoms with Gasteiger partial charge in [-0.15, -0.1) is 0 Å². The van der Waals surface area contributed by atoms with Crippen LogP contribution in [0.15, 0.2) is 22.8 Å². The van der Waals surface area contributed by atoms with E-state index >= 15 is 0 Å². The standard InChI is InChI=1S/C10H18N2OS/c1-12(2)8-11-7-10(14-3)9-5-4-6-13-9/h4-6,10-11H,7-8H2,1-3H3. The maximum absolute atomic E-state index is 5.37. The second-order valence-electron chi connectivity index (χ2n) is 3.43. The van der Waals surface area contributed by atoms with E-state index in [9.17, 15) is 0 Å². The number of furan rings is 1. The van der Waals surface area contributed by atoms with Crippen molar-refractivity contribution in [2.75, 3.05) is 33.6 Å². The summed E-state index contributed by atoms with van der Waals surface area (Å²) in [5.74, 6) is 1.05. The van der Waals surface area contributed by atoms with Crippen LogP contribution in [-0.4, -0.2) is 38.5 Å². The predicted octanol–water partition coefficient (Wildman–Crippen LogP) is 1.79. The molecule has 1 aromatic rings. The van der Waals surface area contributed by atoms with Gasteiger partial charge in [-0.1, -0.05) is 0 Å². The Hall–Kier alpha value is -0.450. The summed E-state index contributed by atoms with van der Waals surface area (Å²) in [4.78, 5) is 2.11. The summed E-state index contributed by atoms with van der Waals surface area (Å²) in [6, 6.07) is 3.96. The monoisotopic (exact) mass is 214 g/mol. The van der Waals surface area contributed by atoms with Crippen molar-refractivity contribution >= 4 is 11.8 Å². The van der Waals surface area contributed by atoms with Gasteiger partial charge in [0.05, 0.1) is 11.5 Å². The van der Waals surface area contributed by atoms with Gasteiger partial charge in [0.2, 0.25) is 0 Å². The van der Waals surface area contributed by atoms with Crippen molar-refractivity contribution in [3.05, 3.63) is 24.2 Å². The lowest BCUT2D eigenvalue weighted by Gasteiger charge is -2.15. The molecular formula is C10H18N2OS. The van der Waals surface area contributed by atoms with E-state index in [2.05, 4.69) is 16.5 Å². The maximum Gasteiger partial charge on any atom is 0.118 e. The third-order valence-electron chi connectivity index (χ3n) is 1.90. The summed E-state index contributed by atoms with van der Waals surface area (Å²) in [5, 5.41) is 3.78. The van der Waals surface area contributed by atoms with Crippen molar-refractivity contribution in [2.24, 2.45) is 0 Å². The van der Waals surface area contributed by atoms with Crippen molar-refractivity contribution in [2.45, 2.75) is 5.25 Å². The van der Waals surface area contributed by atoms with Gasteiger partial charge < -0.3 is 9.73 Å². The average molecular weight is 214 g/mol. The fourth-order valence-corrected chi connectivity index (χ4v) is 1.84. The van der Waals surface area contributed by atoms with Gasteiger partial charge in [-0.25, -0.2) is 0 Å². The quantitative estimate of drug-likeness (QED) is 0.731. The van der Waals surface area contributed by atoms with Crippen LogP contribution < -0.4 is 5.32 Å². The molecule has 0 aliphatic heterocycles. The Morgan fingerprint density at radius 2 is 2.36 bits per heavy atom. The largest absolute Gasteiger partial charge is 0.468 e. The zero-order valence-electron chi connectivity index (χ0n) is 8.99. The first-order valence-electron chi connectivity index (χ1n) is 4.65. The van der Waals surface area contributed by atoms with Gasteiger partial charge in [0.1, 0.15) is 5.76 Å². The maximum atomic E-state index is 5.37. The van der Waals surface area contributed by atoms with Crippen LogP contribution in [0.5, 0.6) is 0 Å². The van der Waals surface area contributed by atoms with Crippen LogP contribution >= 0.6 is 11.8 Å². The molecule has 1 aromatic heterocycles. The highest BCUT2D eigenvalue weighted by Gasteiger charge is 2.11. The Kier molecular flexibility index (Phi) is 5.07. The number of hydrogen-bond donors (Lipinski definition) is 1. The summed E-state index contributed by atoms with van der Waals surface area (Å²) < 4.78 is 5.37. The van der Waals surface area contributed by atoms with Gasteiger partial charge in [0.25, 0.3) is 0 Å². The van der Waals surface area contributed by atoms with Crippen LogP contribution in [0.3, 0.4) is 0 Å². The summed E-state index contributed by atoms with van der Waals surface area (Å²) in [5.41, 5.74) is 0. The summed E-state index contributed by atoms with van der Waals surface area (Å²) >= 11 is 1.80. The van der Waals surface area contributed by atoms with E-state index in [0.717, 1.165) is 19.0 Å². The molecule has 4 heteroatoms. The van der Waals surface area contributed by atoms with Gasteiger partial charge in [0, 0.05) is 13.2 Å². The van der Waals surface area contributed by atoms with Crippen molar-refractivity contribution in [3.8, 4) is 0 Å². The molecule has 0 aromatic carbocycles. The molecule has 0 saturated carbocycles. The molecule has 1 atom stereocenters. The molecule has 0 aliphatic carbocycles. The smallest absolute Gasteiger partial charge is 0.118 e. The number of nitrogens with one attached hydrogen (secondary N) is 1. The van der Waals surface area contributed by atoms with Gasteiger partial charge >= 0.3 is 0 Å². The predicted molar refractivity (Wildman–Crippen MR) is 61.5 cm³/mol. The SMILES string of the molecule is CSC(CNCN(C)C)c1ccco1. The number of nitrogens with zero attached hydrogens (tertiary/aromatic N) is 1. The molecular weight excluding hydrogens is 196 g/mol. The van der Waals surface area contributed by atoms with Crippen LogP contribution in [-0.2, 0) is 0 Å².